The molecule has 0 atom stereocenters. The summed E-state index contributed by atoms with van der Waals surface area (Å²) in [4.78, 5) is 14.2. The molecule has 3 aromatic rings. The highest BCUT2D eigenvalue weighted by Crippen LogP contribution is 2.23. The van der Waals surface area contributed by atoms with E-state index >= 15 is 0 Å². The third-order valence-corrected chi connectivity index (χ3v) is 5.37. The normalized spacial score (nSPS) is 11.8. The Hall–Kier alpha value is -2.25. The van der Waals surface area contributed by atoms with Crippen LogP contribution < -0.4 is 5.43 Å². The van der Waals surface area contributed by atoms with Crippen molar-refractivity contribution in [3.05, 3.63) is 69.5 Å². The number of halogens is 3. The Balaban J connectivity index is 2.28. The molecule has 3 rings (SSSR count). The van der Waals surface area contributed by atoms with Gasteiger partial charge in [-0.2, -0.15) is 0 Å². The smallest absolute Gasteiger partial charge is 0.211 e. The van der Waals surface area contributed by atoms with Gasteiger partial charge in [0.1, 0.15) is 16.5 Å². The van der Waals surface area contributed by atoms with E-state index < -0.39 is 31.8 Å². The Morgan fingerprint density at radius 1 is 1.04 bits per heavy atom. The molecular weight excluding hydrogens is 348 g/mol. The van der Waals surface area contributed by atoms with Crippen molar-refractivity contribution in [3.63, 3.8) is 0 Å². The van der Waals surface area contributed by atoms with E-state index in [1.807, 2.05) is 0 Å². The summed E-state index contributed by atoms with van der Waals surface area (Å²) in [5, 5.41) is -0.336. The molecule has 0 amide bonds. The van der Waals surface area contributed by atoms with Gasteiger partial charge in [-0.3, -0.25) is 4.79 Å². The molecule has 1 aromatic heterocycles. The Labute approximate surface area is 134 Å². The highest BCUT2D eigenvalue weighted by Gasteiger charge is 2.23. The van der Waals surface area contributed by atoms with Gasteiger partial charge in [0, 0.05) is 11.6 Å². The summed E-state index contributed by atoms with van der Waals surface area (Å²) < 4.78 is 51.5. The number of benzene rings is 2. The first kappa shape index (κ1) is 15.6. The van der Waals surface area contributed by atoms with Crippen LogP contribution in [0.1, 0.15) is 0 Å². The van der Waals surface area contributed by atoms with Crippen molar-refractivity contribution in [1.29, 1.82) is 0 Å². The molecule has 0 saturated carbocycles. The molecule has 0 unspecified atom stereocenters. The van der Waals surface area contributed by atoms with Crippen molar-refractivity contribution < 1.29 is 17.2 Å². The van der Waals surface area contributed by atoms with E-state index in [0.29, 0.717) is 0 Å². The number of hydrogen-bond donors (Lipinski definition) is 1. The van der Waals surface area contributed by atoms with Gasteiger partial charge >= 0.3 is 0 Å². The summed E-state index contributed by atoms with van der Waals surface area (Å²) in [7, 11) is -4.17. The first-order valence-corrected chi connectivity index (χ1v) is 8.18. The van der Waals surface area contributed by atoms with Crippen LogP contribution in [-0.2, 0) is 9.84 Å². The zero-order chi connectivity index (χ0) is 16.8. The largest absolute Gasteiger partial charge is 0.360 e. The lowest BCUT2D eigenvalue weighted by Crippen LogP contribution is -2.16. The summed E-state index contributed by atoms with van der Waals surface area (Å²) in [5.74, 6) is -1.44. The maximum atomic E-state index is 13.5. The van der Waals surface area contributed by atoms with Crippen LogP contribution in [0.3, 0.4) is 0 Å². The van der Waals surface area contributed by atoms with Gasteiger partial charge in [-0.1, -0.05) is 11.6 Å². The number of aromatic nitrogens is 1. The first-order chi connectivity index (χ1) is 10.8. The molecule has 1 heterocycles. The molecule has 8 heteroatoms. The van der Waals surface area contributed by atoms with Gasteiger partial charge in [0.25, 0.3) is 0 Å². The second-order valence-electron chi connectivity index (χ2n) is 4.75. The van der Waals surface area contributed by atoms with Gasteiger partial charge in [-0.25, -0.2) is 17.2 Å². The molecule has 118 valence electrons. The standard InChI is InChI=1S/C15H8ClF2NO3S/c16-11-6-13-10(5-12(11)18)15(20)14(7-19-13)23(21,22)9-3-1-8(17)2-4-9/h1-7H,(H,19,20). The van der Waals surface area contributed by atoms with Crippen LogP contribution in [0.25, 0.3) is 10.9 Å². The molecule has 0 aliphatic carbocycles. The quantitative estimate of drug-likeness (QED) is 0.717. The van der Waals surface area contributed by atoms with Crippen LogP contribution in [0.4, 0.5) is 8.78 Å². The molecule has 0 aliphatic rings. The highest BCUT2D eigenvalue weighted by atomic mass is 35.5. The van der Waals surface area contributed by atoms with Crippen molar-refractivity contribution in [2.75, 3.05) is 0 Å². The molecule has 2 aromatic carbocycles. The fourth-order valence-corrected chi connectivity index (χ4v) is 3.62. The van der Waals surface area contributed by atoms with E-state index in [2.05, 4.69) is 4.98 Å². The van der Waals surface area contributed by atoms with Crippen LogP contribution >= 0.6 is 11.6 Å². The Kier molecular flexibility index (Phi) is 3.69. The zero-order valence-corrected chi connectivity index (χ0v) is 12.9. The molecule has 0 spiro atoms. The number of H-pyrrole nitrogens is 1. The van der Waals surface area contributed by atoms with Gasteiger partial charge in [0.15, 0.2) is 0 Å². The Morgan fingerprint density at radius 3 is 2.35 bits per heavy atom. The van der Waals surface area contributed by atoms with E-state index in [1.165, 1.54) is 6.07 Å². The molecule has 0 aliphatic heterocycles. The van der Waals surface area contributed by atoms with Crippen LogP contribution in [0, 0.1) is 11.6 Å². The molecule has 4 nitrogen and oxygen atoms in total. The lowest BCUT2D eigenvalue weighted by Gasteiger charge is -2.06. The fourth-order valence-electron chi connectivity index (χ4n) is 2.14. The van der Waals surface area contributed by atoms with Crippen molar-refractivity contribution in [1.82, 2.24) is 4.98 Å². The van der Waals surface area contributed by atoms with Crippen LogP contribution in [0.2, 0.25) is 5.02 Å². The fraction of sp³-hybridized carbons (Fsp3) is 0. The van der Waals surface area contributed by atoms with Crippen molar-refractivity contribution in [2.45, 2.75) is 9.79 Å². The SMILES string of the molecule is O=c1c(S(=O)(=O)c2ccc(F)cc2)c[nH]c2cc(Cl)c(F)cc12. The minimum absolute atomic E-state index is 0.143. The van der Waals surface area contributed by atoms with Gasteiger partial charge in [-0.15, -0.1) is 0 Å². The minimum atomic E-state index is -4.17. The highest BCUT2D eigenvalue weighted by molar-refractivity contribution is 7.91. The zero-order valence-electron chi connectivity index (χ0n) is 11.3. The summed E-state index contributed by atoms with van der Waals surface area (Å²) in [6, 6.07) is 6.12. The lowest BCUT2D eigenvalue weighted by atomic mass is 10.2. The maximum Gasteiger partial charge on any atom is 0.211 e. The second-order valence-corrected chi connectivity index (χ2v) is 7.08. The maximum absolute atomic E-state index is 13.5. The van der Waals surface area contributed by atoms with Gasteiger partial charge < -0.3 is 4.98 Å². The summed E-state index contributed by atoms with van der Waals surface area (Å²) >= 11 is 5.63. The van der Waals surface area contributed by atoms with Crippen molar-refractivity contribution in [2.24, 2.45) is 0 Å². The van der Waals surface area contributed by atoms with Crippen LogP contribution in [-0.4, -0.2) is 13.4 Å². The van der Waals surface area contributed by atoms with E-state index in [0.717, 1.165) is 36.5 Å². The van der Waals surface area contributed by atoms with E-state index in [9.17, 15) is 22.0 Å². The average molecular weight is 356 g/mol. The predicted octanol–water partition coefficient (Wildman–Crippen LogP) is 3.29. The Bertz CT molecular complexity index is 1080. The number of rotatable bonds is 2. The monoisotopic (exact) mass is 355 g/mol. The molecule has 23 heavy (non-hydrogen) atoms. The van der Waals surface area contributed by atoms with E-state index in [1.54, 1.807) is 0 Å². The molecule has 1 N–H and O–H groups in total. The third kappa shape index (κ3) is 2.62. The Morgan fingerprint density at radius 2 is 1.70 bits per heavy atom. The molecular formula is C15H8ClF2NO3S. The van der Waals surface area contributed by atoms with Crippen LogP contribution in [0.15, 0.2) is 57.2 Å². The molecule has 0 saturated heterocycles. The lowest BCUT2D eigenvalue weighted by molar-refractivity contribution is 0.593. The van der Waals surface area contributed by atoms with Gasteiger partial charge in [0.2, 0.25) is 15.3 Å². The van der Waals surface area contributed by atoms with Crippen molar-refractivity contribution >= 4 is 32.3 Å². The van der Waals surface area contributed by atoms with Crippen molar-refractivity contribution in [3.8, 4) is 0 Å². The topological polar surface area (TPSA) is 67.0 Å². The third-order valence-electron chi connectivity index (χ3n) is 3.30. The van der Waals surface area contributed by atoms with Crippen LogP contribution in [0.5, 0.6) is 0 Å². The summed E-state index contributed by atoms with van der Waals surface area (Å²) in [5.41, 5.74) is -0.655. The summed E-state index contributed by atoms with van der Waals surface area (Å²) in [6.45, 7) is 0. The number of nitrogens with one attached hydrogen (secondary N) is 1. The summed E-state index contributed by atoms with van der Waals surface area (Å²) in [6.07, 6.45) is 1.01. The number of fused-ring (bicyclic) bond motifs is 1. The number of sulfone groups is 1. The van der Waals surface area contributed by atoms with Gasteiger partial charge in [0.05, 0.1) is 15.4 Å². The molecule has 0 radical (unpaired) electrons. The number of hydrogen-bond acceptors (Lipinski definition) is 3. The predicted molar refractivity (Wildman–Crippen MR) is 81.4 cm³/mol. The number of pyridine rings is 1. The van der Waals surface area contributed by atoms with E-state index in [-0.39, 0.29) is 20.8 Å². The van der Waals surface area contributed by atoms with E-state index in [4.69, 9.17) is 11.6 Å². The average Bonchev–Trinajstić information content (AvgIpc) is 2.50. The van der Waals surface area contributed by atoms with Gasteiger partial charge in [-0.05, 0) is 36.4 Å². The molecule has 0 bridgehead atoms. The molecule has 0 fully saturated rings. The second kappa shape index (κ2) is 5.43. The first-order valence-electron chi connectivity index (χ1n) is 6.32. The minimum Gasteiger partial charge on any atom is -0.360 e. The number of aromatic amines is 1.